The van der Waals surface area contributed by atoms with Gasteiger partial charge >= 0.3 is 0 Å². The fourth-order valence-corrected chi connectivity index (χ4v) is 2.80. The third-order valence-electron chi connectivity index (χ3n) is 4.25. The molecule has 2 N–H and O–H groups in total. The summed E-state index contributed by atoms with van der Waals surface area (Å²) in [6.45, 7) is 7.47. The average Bonchev–Trinajstić information content (AvgIpc) is 2.57. The average molecular weight is 342 g/mol. The lowest BCUT2D eigenvalue weighted by molar-refractivity contribution is -0.116. The lowest BCUT2D eigenvalue weighted by Crippen LogP contribution is -2.24. The van der Waals surface area contributed by atoms with Crippen molar-refractivity contribution in [1.82, 2.24) is 5.32 Å². The number of nitrogens with one attached hydrogen (secondary N) is 2. The van der Waals surface area contributed by atoms with Gasteiger partial charge in [-0.25, -0.2) is 4.39 Å². The summed E-state index contributed by atoms with van der Waals surface area (Å²) in [7, 11) is 0. The van der Waals surface area contributed by atoms with Gasteiger partial charge in [0, 0.05) is 18.7 Å². The Kier molecular flexibility index (Phi) is 7.14. The molecule has 0 spiro atoms. The van der Waals surface area contributed by atoms with Crippen LogP contribution in [-0.4, -0.2) is 19.0 Å². The summed E-state index contributed by atoms with van der Waals surface area (Å²) >= 11 is 0. The summed E-state index contributed by atoms with van der Waals surface area (Å²) in [5.74, 6) is 0.173. The van der Waals surface area contributed by atoms with Gasteiger partial charge in [0.2, 0.25) is 5.91 Å². The zero-order chi connectivity index (χ0) is 18.2. The van der Waals surface area contributed by atoms with Crippen molar-refractivity contribution in [1.29, 1.82) is 0 Å². The Labute approximate surface area is 149 Å². The van der Waals surface area contributed by atoms with Gasteiger partial charge in [0.05, 0.1) is 0 Å². The van der Waals surface area contributed by atoms with Gasteiger partial charge in [-0.3, -0.25) is 4.79 Å². The van der Waals surface area contributed by atoms with Crippen molar-refractivity contribution in [2.75, 3.05) is 18.4 Å². The van der Waals surface area contributed by atoms with E-state index in [0.29, 0.717) is 37.4 Å². The fourth-order valence-electron chi connectivity index (χ4n) is 2.80. The number of anilines is 1. The Hall–Kier alpha value is -2.20. The SMILES string of the molecule is Cc1cccc(C(C)C)c1NC(=O)CCNCCc1ccccc1F. The molecule has 0 aliphatic rings. The number of halogens is 1. The Bertz CT molecular complexity index is 713. The molecule has 0 fully saturated rings. The highest BCUT2D eigenvalue weighted by Gasteiger charge is 2.11. The molecule has 2 aromatic rings. The molecule has 0 saturated carbocycles. The Morgan fingerprint density at radius 1 is 1.08 bits per heavy atom. The minimum atomic E-state index is -0.178. The molecule has 0 atom stereocenters. The molecular formula is C21H27FN2O. The number of aryl methyl sites for hydroxylation is 1. The first-order valence-corrected chi connectivity index (χ1v) is 8.82. The van der Waals surface area contributed by atoms with Crippen LogP contribution in [0.1, 0.15) is 42.9 Å². The largest absolute Gasteiger partial charge is 0.326 e. The van der Waals surface area contributed by atoms with Crippen LogP contribution in [0, 0.1) is 12.7 Å². The minimum absolute atomic E-state index is 0.00501. The van der Waals surface area contributed by atoms with Crippen molar-refractivity contribution in [2.45, 2.75) is 39.5 Å². The van der Waals surface area contributed by atoms with Crippen LogP contribution < -0.4 is 10.6 Å². The van der Waals surface area contributed by atoms with E-state index in [-0.39, 0.29) is 11.7 Å². The highest BCUT2D eigenvalue weighted by molar-refractivity contribution is 5.92. The molecule has 0 unspecified atom stereocenters. The molecular weight excluding hydrogens is 315 g/mol. The standard InChI is InChI=1S/C21H27FN2O/c1-15(2)18-9-6-7-16(3)21(18)24-20(25)12-14-23-13-11-17-8-4-5-10-19(17)22/h4-10,15,23H,11-14H2,1-3H3,(H,24,25). The maximum absolute atomic E-state index is 13.5. The zero-order valence-electron chi connectivity index (χ0n) is 15.2. The van der Waals surface area contributed by atoms with Gasteiger partial charge < -0.3 is 10.6 Å². The van der Waals surface area contributed by atoms with Gasteiger partial charge in [-0.2, -0.15) is 0 Å². The van der Waals surface area contributed by atoms with Crippen molar-refractivity contribution < 1.29 is 9.18 Å². The highest BCUT2D eigenvalue weighted by atomic mass is 19.1. The van der Waals surface area contributed by atoms with E-state index in [4.69, 9.17) is 0 Å². The summed E-state index contributed by atoms with van der Waals surface area (Å²) in [4.78, 5) is 12.2. The molecule has 2 rings (SSSR count). The molecule has 0 heterocycles. The normalized spacial score (nSPS) is 10.9. The number of benzene rings is 2. The van der Waals surface area contributed by atoms with Gasteiger partial charge in [0.25, 0.3) is 0 Å². The summed E-state index contributed by atoms with van der Waals surface area (Å²) < 4.78 is 13.5. The Balaban J connectivity index is 1.77. The van der Waals surface area contributed by atoms with E-state index < -0.39 is 0 Å². The van der Waals surface area contributed by atoms with Crippen LogP contribution in [0.15, 0.2) is 42.5 Å². The quantitative estimate of drug-likeness (QED) is 0.697. The van der Waals surface area contributed by atoms with E-state index in [1.54, 1.807) is 12.1 Å². The van der Waals surface area contributed by atoms with Gasteiger partial charge in [0.1, 0.15) is 5.82 Å². The molecule has 3 nitrogen and oxygen atoms in total. The third-order valence-corrected chi connectivity index (χ3v) is 4.25. The summed E-state index contributed by atoms with van der Waals surface area (Å²) in [5.41, 5.74) is 3.85. The van der Waals surface area contributed by atoms with Crippen molar-refractivity contribution >= 4 is 11.6 Å². The number of rotatable bonds is 8. The predicted octanol–water partition coefficient (Wildman–Crippen LogP) is 4.42. The molecule has 2 aromatic carbocycles. The first kappa shape index (κ1) is 19.1. The summed E-state index contributed by atoms with van der Waals surface area (Å²) in [5, 5.41) is 6.24. The molecule has 1 amide bonds. The lowest BCUT2D eigenvalue weighted by atomic mass is 9.98. The summed E-state index contributed by atoms with van der Waals surface area (Å²) in [6, 6.07) is 12.9. The molecule has 0 aliphatic heterocycles. The number of hydrogen-bond acceptors (Lipinski definition) is 2. The first-order chi connectivity index (χ1) is 12.0. The Morgan fingerprint density at radius 2 is 1.84 bits per heavy atom. The van der Waals surface area contributed by atoms with Gasteiger partial charge in [-0.15, -0.1) is 0 Å². The molecule has 134 valence electrons. The fraction of sp³-hybridized carbons (Fsp3) is 0.381. The van der Waals surface area contributed by atoms with Crippen molar-refractivity contribution in [3.8, 4) is 0 Å². The van der Waals surface area contributed by atoms with Crippen LogP contribution in [0.2, 0.25) is 0 Å². The van der Waals surface area contributed by atoms with E-state index in [2.05, 4.69) is 30.5 Å². The molecule has 0 aliphatic carbocycles. The smallest absolute Gasteiger partial charge is 0.225 e. The molecule has 0 bridgehead atoms. The number of hydrogen-bond donors (Lipinski definition) is 2. The monoisotopic (exact) mass is 342 g/mol. The van der Waals surface area contributed by atoms with E-state index in [0.717, 1.165) is 16.8 Å². The number of para-hydroxylation sites is 1. The second-order valence-electron chi connectivity index (χ2n) is 6.58. The zero-order valence-corrected chi connectivity index (χ0v) is 15.2. The van der Waals surface area contributed by atoms with Crippen LogP contribution in [-0.2, 0) is 11.2 Å². The number of amides is 1. The minimum Gasteiger partial charge on any atom is -0.326 e. The van der Waals surface area contributed by atoms with Crippen molar-refractivity contribution in [2.24, 2.45) is 0 Å². The Morgan fingerprint density at radius 3 is 2.56 bits per heavy atom. The van der Waals surface area contributed by atoms with Crippen LogP contribution in [0.4, 0.5) is 10.1 Å². The van der Waals surface area contributed by atoms with Crippen LogP contribution >= 0.6 is 0 Å². The molecule has 0 saturated heterocycles. The second-order valence-corrected chi connectivity index (χ2v) is 6.58. The maximum atomic E-state index is 13.5. The third kappa shape index (κ3) is 5.68. The van der Waals surface area contributed by atoms with Crippen LogP contribution in [0.3, 0.4) is 0 Å². The van der Waals surface area contributed by atoms with E-state index in [1.807, 2.05) is 25.1 Å². The van der Waals surface area contributed by atoms with Crippen LogP contribution in [0.25, 0.3) is 0 Å². The molecule has 0 radical (unpaired) electrons. The number of carbonyl (C=O) groups excluding carboxylic acids is 1. The van der Waals surface area contributed by atoms with Gasteiger partial charge in [-0.05, 0) is 48.6 Å². The van der Waals surface area contributed by atoms with Gasteiger partial charge in [-0.1, -0.05) is 50.2 Å². The predicted molar refractivity (Wildman–Crippen MR) is 101 cm³/mol. The topological polar surface area (TPSA) is 41.1 Å². The molecule has 0 aromatic heterocycles. The van der Waals surface area contributed by atoms with E-state index in [1.165, 1.54) is 6.07 Å². The molecule has 25 heavy (non-hydrogen) atoms. The van der Waals surface area contributed by atoms with Crippen molar-refractivity contribution in [3.63, 3.8) is 0 Å². The lowest BCUT2D eigenvalue weighted by Gasteiger charge is -2.16. The van der Waals surface area contributed by atoms with Crippen molar-refractivity contribution in [3.05, 3.63) is 65.0 Å². The van der Waals surface area contributed by atoms with Gasteiger partial charge in [0.15, 0.2) is 0 Å². The first-order valence-electron chi connectivity index (χ1n) is 8.82. The number of carbonyl (C=O) groups is 1. The molecule has 4 heteroatoms. The second kappa shape index (κ2) is 9.33. The highest BCUT2D eigenvalue weighted by Crippen LogP contribution is 2.27. The van der Waals surface area contributed by atoms with E-state index >= 15 is 0 Å². The maximum Gasteiger partial charge on any atom is 0.225 e. The van der Waals surface area contributed by atoms with E-state index in [9.17, 15) is 9.18 Å². The summed E-state index contributed by atoms with van der Waals surface area (Å²) in [6.07, 6.45) is 1.01. The van der Waals surface area contributed by atoms with Crippen LogP contribution in [0.5, 0.6) is 0 Å².